The Kier molecular flexibility index (Phi) is 17.9. The number of hydrogen-bond acceptors (Lipinski definition) is 9. The van der Waals surface area contributed by atoms with Gasteiger partial charge >= 0.3 is 7.60 Å². The fourth-order valence-corrected chi connectivity index (χ4v) is 7.82. The zero-order valence-corrected chi connectivity index (χ0v) is 33.2. The number of amides is 1. The highest BCUT2D eigenvalue weighted by Gasteiger charge is 2.40. The van der Waals surface area contributed by atoms with Crippen LogP contribution in [0, 0.1) is 5.92 Å². The van der Waals surface area contributed by atoms with Gasteiger partial charge in [-0.05, 0) is 87.6 Å². The lowest BCUT2D eigenvalue weighted by molar-refractivity contribution is -0.121. The molecular formula is C41H54ClN6O6P. The first-order valence-corrected chi connectivity index (χ1v) is 21.0. The van der Waals surface area contributed by atoms with E-state index in [0.29, 0.717) is 35.7 Å². The van der Waals surface area contributed by atoms with Crippen molar-refractivity contribution in [1.82, 2.24) is 24.8 Å². The second kappa shape index (κ2) is 22.8. The Hall–Kier alpha value is -4.48. The summed E-state index contributed by atoms with van der Waals surface area (Å²) in [7, 11) is -3.77. The fraction of sp³-hybridized carbons (Fsp3) is 0.415. The van der Waals surface area contributed by atoms with Crippen LogP contribution in [0.4, 0.5) is 5.95 Å². The Morgan fingerprint density at radius 3 is 2.35 bits per heavy atom. The molecule has 0 aliphatic heterocycles. The molecule has 1 saturated carbocycles. The van der Waals surface area contributed by atoms with Gasteiger partial charge in [-0.25, -0.2) is 9.55 Å². The summed E-state index contributed by atoms with van der Waals surface area (Å²) in [4.78, 5) is 35.6. The highest BCUT2D eigenvalue weighted by Crippen LogP contribution is 2.51. The van der Waals surface area contributed by atoms with Crippen LogP contribution in [0.5, 0.6) is 5.75 Å². The summed E-state index contributed by atoms with van der Waals surface area (Å²) >= 11 is 6.04. The van der Waals surface area contributed by atoms with E-state index in [1.165, 1.54) is 6.33 Å². The van der Waals surface area contributed by atoms with Gasteiger partial charge in [-0.15, -0.1) is 0 Å². The highest BCUT2D eigenvalue weighted by molar-refractivity contribution is 7.54. The summed E-state index contributed by atoms with van der Waals surface area (Å²) in [6.45, 7) is 6.50. The Bertz CT molecular complexity index is 1950. The molecule has 1 fully saturated rings. The maximum absolute atomic E-state index is 14.1. The van der Waals surface area contributed by atoms with Crippen LogP contribution in [0.1, 0.15) is 77.2 Å². The number of anilines is 1. The number of nitrogen functional groups attached to an aromatic ring is 1. The second-order valence-electron chi connectivity index (χ2n) is 13.3. The average molecular weight is 793 g/mol. The number of aliphatic hydroxyl groups excluding tert-OH is 1. The van der Waals surface area contributed by atoms with E-state index in [9.17, 15) is 19.3 Å². The van der Waals surface area contributed by atoms with Crippen molar-refractivity contribution in [2.24, 2.45) is 5.92 Å². The van der Waals surface area contributed by atoms with E-state index in [2.05, 4.69) is 94.5 Å². The molecule has 3 aromatic rings. The zero-order valence-electron chi connectivity index (χ0n) is 31.5. The standard InChI is InChI=1S/C41H54ClN6O6P/c1-3-4-5-6-7-8-9-10-11-12-13-14-15-16-17-18-19-21-37(50)44-26-20-27-55(52,54-33-24-22-32(42)23-25-33)53-29-34-31(2)35(28-36(34)49)48-30-45-38-39(48)46-41(43)47-40(38)51/h4-5,7-8,10-11,13-14,16-17,22-25,30,34-36,49H,2-3,6,9,12,15,18-21,26-29H2,1H3,(H,44,50)(H3,43,46,47,51)/b5-4-,8-7-,11-10-,14-13-,17-16-/t34-,35?,36-,55?/m0/s1. The van der Waals surface area contributed by atoms with Gasteiger partial charge in [-0.3, -0.25) is 19.1 Å². The minimum absolute atomic E-state index is 0.0206. The molecule has 0 saturated heterocycles. The quantitative estimate of drug-likeness (QED) is 0.0417. The maximum atomic E-state index is 14.1. The van der Waals surface area contributed by atoms with Gasteiger partial charge in [-0.1, -0.05) is 85.9 Å². The van der Waals surface area contributed by atoms with E-state index in [0.717, 1.165) is 44.9 Å². The summed E-state index contributed by atoms with van der Waals surface area (Å²) in [6.07, 6.45) is 29.5. The van der Waals surface area contributed by atoms with Crippen molar-refractivity contribution in [3.63, 3.8) is 0 Å². The van der Waals surface area contributed by atoms with Crippen molar-refractivity contribution in [3.8, 4) is 5.75 Å². The van der Waals surface area contributed by atoms with Gasteiger partial charge in [0.25, 0.3) is 5.56 Å². The number of benzene rings is 1. The zero-order chi connectivity index (χ0) is 39.5. The molecule has 14 heteroatoms. The Balaban J connectivity index is 1.19. The minimum Gasteiger partial charge on any atom is -0.424 e. The largest absolute Gasteiger partial charge is 0.424 e. The van der Waals surface area contributed by atoms with Crippen LogP contribution in [0.25, 0.3) is 11.2 Å². The summed E-state index contributed by atoms with van der Waals surface area (Å²) in [5.74, 6) is -0.412. The number of aromatic amines is 1. The topological polar surface area (TPSA) is 174 Å². The molecule has 1 aromatic carbocycles. The first kappa shape index (κ1) is 43.3. The molecule has 296 valence electrons. The van der Waals surface area contributed by atoms with Gasteiger partial charge < -0.3 is 25.2 Å². The number of nitrogens with two attached hydrogens (primary N) is 1. The number of fused-ring (bicyclic) bond motifs is 1. The third-order valence-corrected chi connectivity index (χ3v) is 11.1. The van der Waals surface area contributed by atoms with E-state index in [1.54, 1.807) is 28.8 Å². The van der Waals surface area contributed by atoms with Crippen LogP contribution in [0.2, 0.25) is 5.02 Å². The predicted octanol–water partition coefficient (Wildman–Crippen LogP) is 8.55. The molecule has 1 aliphatic carbocycles. The van der Waals surface area contributed by atoms with Gasteiger partial charge in [0.1, 0.15) is 5.75 Å². The number of H-pyrrole nitrogens is 1. The van der Waals surface area contributed by atoms with Gasteiger partial charge in [0.05, 0.1) is 31.2 Å². The number of imidazole rings is 1. The molecule has 2 heterocycles. The highest BCUT2D eigenvalue weighted by atomic mass is 35.5. The maximum Gasteiger partial charge on any atom is 0.379 e. The lowest BCUT2D eigenvalue weighted by Crippen LogP contribution is -2.25. The summed E-state index contributed by atoms with van der Waals surface area (Å²) < 4.78 is 27.6. The SMILES string of the molecule is C=C1C(n2cnc3c(=O)[nH]c(N)nc32)C[C@H](O)[C@H]1COP(=O)(CCCNC(=O)CCC/C=C\C/C=C\C/C=C\C/C=C\C/C=C\CC)Oc1ccc(Cl)cc1. The number of allylic oxidation sites excluding steroid dienone is 10. The third kappa shape index (κ3) is 14.3. The number of halogens is 1. The number of nitrogens with one attached hydrogen (secondary N) is 2. The van der Waals surface area contributed by atoms with Gasteiger partial charge in [0.15, 0.2) is 11.2 Å². The molecule has 0 bridgehead atoms. The molecule has 1 aliphatic rings. The first-order valence-electron chi connectivity index (χ1n) is 18.9. The van der Waals surface area contributed by atoms with Crippen LogP contribution in [0.15, 0.2) is 108 Å². The Labute approximate surface area is 328 Å². The molecular weight excluding hydrogens is 739 g/mol. The van der Waals surface area contributed by atoms with Crippen LogP contribution in [0.3, 0.4) is 0 Å². The minimum atomic E-state index is -3.77. The van der Waals surface area contributed by atoms with Crippen molar-refractivity contribution >= 4 is 42.2 Å². The molecule has 4 rings (SSSR count). The van der Waals surface area contributed by atoms with E-state index < -0.39 is 31.2 Å². The molecule has 0 radical (unpaired) electrons. The van der Waals surface area contributed by atoms with Gasteiger partial charge in [0.2, 0.25) is 11.9 Å². The first-order chi connectivity index (χ1) is 26.6. The van der Waals surface area contributed by atoms with E-state index in [4.69, 9.17) is 26.4 Å². The van der Waals surface area contributed by atoms with Crippen molar-refractivity contribution in [2.45, 2.75) is 83.3 Å². The smallest absolute Gasteiger partial charge is 0.379 e. The summed E-state index contributed by atoms with van der Waals surface area (Å²) in [5.41, 5.74) is 6.29. The van der Waals surface area contributed by atoms with Gasteiger partial charge in [-0.2, -0.15) is 4.98 Å². The number of rotatable bonds is 23. The van der Waals surface area contributed by atoms with Crippen LogP contribution < -0.4 is 21.1 Å². The number of aromatic nitrogens is 4. The fourth-order valence-electron chi connectivity index (χ4n) is 6.04. The predicted molar refractivity (Wildman–Crippen MR) is 221 cm³/mol. The summed E-state index contributed by atoms with van der Waals surface area (Å²) in [5, 5.41) is 14.4. The number of unbranched alkanes of at least 4 members (excludes halogenated alkanes) is 1. The average Bonchev–Trinajstić information content (AvgIpc) is 3.70. The van der Waals surface area contributed by atoms with Crippen LogP contribution >= 0.6 is 19.2 Å². The second-order valence-corrected chi connectivity index (χ2v) is 15.8. The molecule has 55 heavy (non-hydrogen) atoms. The van der Waals surface area contributed by atoms with Gasteiger partial charge in [0, 0.05) is 23.9 Å². The number of aliphatic hydroxyl groups is 1. The van der Waals surface area contributed by atoms with E-state index in [1.807, 2.05) is 0 Å². The Morgan fingerprint density at radius 2 is 1.69 bits per heavy atom. The van der Waals surface area contributed by atoms with Crippen molar-refractivity contribution in [1.29, 1.82) is 0 Å². The lowest BCUT2D eigenvalue weighted by atomic mass is 10.0. The van der Waals surface area contributed by atoms with E-state index in [-0.39, 0.29) is 42.2 Å². The molecule has 0 spiro atoms. The lowest BCUT2D eigenvalue weighted by Gasteiger charge is -2.23. The molecule has 5 N–H and O–H groups in total. The molecule has 2 unspecified atom stereocenters. The van der Waals surface area contributed by atoms with Crippen molar-refractivity contribution in [3.05, 3.63) is 119 Å². The summed E-state index contributed by atoms with van der Waals surface area (Å²) in [6, 6.07) is 5.99. The number of carbonyl (C=O) groups is 1. The Morgan fingerprint density at radius 1 is 1.05 bits per heavy atom. The van der Waals surface area contributed by atoms with Crippen molar-refractivity contribution < 1.29 is 23.5 Å². The van der Waals surface area contributed by atoms with Crippen LogP contribution in [-0.2, 0) is 13.9 Å². The van der Waals surface area contributed by atoms with E-state index >= 15 is 0 Å². The third-order valence-electron chi connectivity index (χ3n) is 8.99. The normalized spacial score (nSPS) is 18.9. The monoisotopic (exact) mass is 792 g/mol. The number of nitrogens with zero attached hydrogens (tertiary/aromatic N) is 3. The molecule has 12 nitrogen and oxygen atoms in total. The number of carbonyl (C=O) groups excluding carboxylic acids is 1. The molecule has 1 amide bonds. The van der Waals surface area contributed by atoms with Crippen LogP contribution in [-0.4, -0.2) is 56.0 Å². The molecule has 2 aromatic heterocycles. The van der Waals surface area contributed by atoms with Crippen molar-refractivity contribution in [2.75, 3.05) is 25.0 Å². The molecule has 4 atom stereocenters. The number of hydrogen-bond donors (Lipinski definition) is 4.